The van der Waals surface area contributed by atoms with E-state index in [0.717, 1.165) is 36.9 Å². The molecule has 2 saturated carbocycles. The van der Waals surface area contributed by atoms with Crippen LogP contribution in [0.3, 0.4) is 0 Å². The number of fused-ring (bicyclic) bond motifs is 5. The highest BCUT2D eigenvalue weighted by atomic mass is 16.5. The van der Waals surface area contributed by atoms with Crippen molar-refractivity contribution in [3.8, 4) is 0 Å². The van der Waals surface area contributed by atoms with Gasteiger partial charge < -0.3 is 9.47 Å². The van der Waals surface area contributed by atoms with Crippen molar-refractivity contribution in [3.05, 3.63) is 11.1 Å². The third-order valence-corrected chi connectivity index (χ3v) is 4.73. The summed E-state index contributed by atoms with van der Waals surface area (Å²) >= 11 is 0. The van der Waals surface area contributed by atoms with Crippen molar-refractivity contribution in [1.29, 1.82) is 0 Å². The molecule has 0 aliphatic heterocycles. The zero-order valence-corrected chi connectivity index (χ0v) is 9.66. The zero-order chi connectivity index (χ0) is 10.4. The molecule has 15 heavy (non-hydrogen) atoms. The van der Waals surface area contributed by atoms with Crippen molar-refractivity contribution in [2.45, 2.75) is 19.3 Å². The van der Waals surface area contributed by atoms with Crippen LogP contribution in [-0.4, -0.2) is 27.4 Å². The molecule has 2 nitrogen and oxygen atoms in total. The molecule has 0 aromatic carbocycles. The van der Waals surface area contributed by atoms with Crippen molar-refractivity contribution in [2.24, 2.45) is 23.7 Å². The van der Waals surface area contributed by atoms with Gasteiger partial charge in [-0.15, -0.1) is 0 Å². The van der Waals surface area contributed by atoms with E-state index < -0.39 is 0 Å². The first-order valence-corrected chi connectivity index (χ1v) is 6.06. The summed E-state index contributed by atoms with van der Waals surface area (Å²) in [4.78, 5) is 0. The van der Waals surface area contributed by atoms with Crippen molar-refractivity contribution < 1.29 is 9.47 Å². The van der Waals surface area contributed by atoms with Crippen LogP contribution in [0.15, 0.2) is 11.1 Å². The van der Waals surface area contributed by atoms with Crippen molar-refractivity contribution in [2.75, 3.05) is 27.4 Å². The molecule has 0 spiro atoms. The highest BCUT2D eigenvalue weighted by Crippen LogP contribution is 2.63. The van der Waals surface area contributed by atoms with E-state index in [1.807, 2.05) is 0 Å². The molecule has 4 atom stereocenters. The molecule has 0 saturated heterocycles. The molecule has 0 N–H and O–H groups in total. The van der Waals surface area contributed by atoms with Gasteiger partial charge in [0.1, 0.15) is 0 Å². The molecule has 0 amide bonds. The van der Waals surface area contributed by atoms with Crippen molar-refractivity contribution >= 4 is 0 Å². The third kappa shape index (κ3) is 1.24. The molecular weight excluding hydrogens is 188 g/mol. The van der Waals surface area contributed by atoms with Crippen LogP contribution in [0.25, 0.3) is 0 Å². The number of rotatable bonds is 4. The van der Waals surface area contributed by atoms with Gasteiger partial charge in [-0.3, -0.25) is 0 Å². The summed E-state index contributed by atoms with van der Waals surface area (Å²) in [6.07, 6.45) is 4.38. The lowest BCUT2D eigenvalue weighted by Crippen LogP contribution is -2.39. The monoisotopic (exact) mass is 208 g/mol. The second kappa shape index (κ2) is 3.60. The third-order valence-electron chi connectivity index (χ3n) is 4.73. The Morgan fingerprint density at radius 3 is 1.80 bits per heavy atom. The Hall–Kier alpha value is -0.340. The van der Waals surface area contributed by atoms with E-state index in [1.54, 1.807) is 25.4 Å². The molecule has 2 bridgehead atoms. The summed E-state index contributed by atoms with van der Waals surface area (Å²) in [5, 5.41) is 0. The average molecular weight is 208 g/mol. The van der Waals surface area contributed by atoms with Crippen LogP contribution in [0.4, 0.5) is 0 Å². The van der Waals surface area contributed by atoms with Gasteiger partial charge in [-0.25, -0.2) is 0 Å². The van der Waals surface area contributed by atoms with Crippen LogP contribution in [0.5, 0.6) is 0 Å². The Balaban J connectivity index is 1.84. The van der Waals surface area contributed by atoms with Crippen LogP contribution in [0, 0.1) is 23.7 Å². The molecule has 0 unspecified atom stereocenters. The fourth-order valence-corrected chi connectivity index (χ4v) is 4.31. The molecule has 0 aromatic heterocycles. The van der Waals surface area contributed by atoms with E-state index in [1.165, 1.54) is 19.3 Å². The van der Waals surface area contributed by atoms with E-state index in [2.05, 4.69) is 0 Å². The molecule has 2 heteroatoms. The number of methoxy groups -OCH3 is 2. The Labute approximate surface area is 91.6 Å². The van der Waals surface area contributed by atoms with Gasteiger partial charge in [0, 0.05) is 14.2 Å². The summed E-state index contributed by atoms with van der Waals surface area (Å²) in [5.74, 6) is 3.69. The molecule has 0 heterocycles. The first kappa shape index (κ1) is 9.86. The average Bonchev–Trinajstić information content (AvgIpc) is 2.79. The number of hydrogen-bond acceptors (Lipinski definition) is 2. The van der Waals surface area contributed by atoms with Crippen molar-refractivity contribution in [1.82, 2.24) is 0 Å². The summed E-state index contributed by atoms with van der Waals surface area (Å²) < 4.78 is 10.6. The van der Waals surface area contributed by atoms with Crippen LogP contribution in [0.1, 0.15) is 19.3 Å². The van der Waals surface area contributed by atoms with Gasteiger partial charge in [-0.05, 0) is 54.1 Å². The van der Waals surface area contributed by atoms with E-state index >= 15 is 0 Å². The van der Waals surface area contributed by atoms with Gasteiger partial charge >= 0.3 is 0 Å². The SMILES string of the molecule is COCC1=C(COC)[C@H]2[C@@H]3CC[C@@H](C3)[C@@H]12. The molecule has 84 valence electrons. The maximum absolute atomic E-state index is 5.32. The Morgan fingerprint density at radius 1 is 0.933 bits per heavy atom. The maximum Gasteiger partial charge on any atom is 0.0679 e. The van der Waals surface area contributed by atoms with Gasteiger partial charge in [0.05, 0.1) is 13.2 Å². The smallest absolute Gasteiger partial charge is 0.0679 e. The van der Waals surface area contributed by atoms with E-state index in [0.29, 0.717) is 0 Å². The topological polar surface area (TPSA) is 18.5 Å². The molecule has 3 aliphatic carbocycles. The fourth-order valence-electron chi connectivity index (χ4n) is 4.31. The molecule has 3 aliphatic rings. The largest absolute Gasteiger partial charge is 0.380 e. The second-order valence-electron chi connectivity index (χ2n) is 5.30. The molecule has 3 rings (SSSR count). The van der Waals surface area contributed by atoms with E-state index in [4.69, 9.17) is 9.47 Å². The highest BCUT2D eigenvalue weighted by molar-refractivity contribution is 5.38. The minimum Gasteiger partial charge on any atom is -0.380 e. The first-order chi connectivity index (χ1) is 7.36. The van der Waals surface area contributed by atoms with E-state index in [9.17, 15) is 0 Å². The Kier molecular flexibility index (Phi) is 2.37. The summed E-state index contributed by atoms with van der Waals surface area (Å²) in [5.41, 5.74) is 3.16. The highest BCUT2D eigenvalue weighted by Gasteiger charge is 2.56. The molecule has 2 fully saturated rings. The molecule has 0 aromatic rings. The Morgan fingerprint density at radius 2 is 1.40 bits per heavy atom. The second-order valence-corrected chi connectivity index (χ2v) is 5.30. The van der Waals surface area contributed by atoms with Crippen molar-refractivity contribution in [3.63, 3.8) is 0 Å². The minimum absolute atomic E-state index is 0.836. The van der Waals surface area contributed by atoms with Crippen LogP contribution in [0.2, 0.25) is 0 Å². The van der Waals surface area contributed by atoms with Crippen LogP contribution < -0.4 is 0 Å². The van der Waals surface area contributed by atoms with Gasteiger partial charge in [0.2, 0.25) is 0 Å². The standard InChI is InChI=1S/C13H20O2/c1-14-6-10-11(7-15-2)13-9-4-3-8(5-9)12(10)13/h8-9,12-13H,3-7H2,1-2H3/t8-,9+,12-,13+. The molecule has 0 radical (unpaired) electrons. The van der Waals surface area contributed by atoms with Gasteiger partial charge in [0.15, 0.2) is 0 Å². The summed E-state index contributed by atoms with van der Waals surface area (Å²) in [6.45, 7) is 1.67. The quantitative estimate of drug-likeness (QED) is 0.660. The predicted octanol–water partition coefficient (Wildman–Crippen LogP) is 2.25. The maximum atomic E-state index is 5.32. The van der Waals surface area contributed by atoms with Gasteiger partial charge in [-0.2, -0.15) is 0 Å². The normalized spacial score (nSPS) is 42.0. The fraction of sp³-hybridized carbons (Fsp3) is 0.846. The lowest BCUT2D eigenvalue weighted by molar-refractivity contribution is 0.135. The summed E-state index contributed by atoms with van der Waals surface area (Å²) in [7, 11) is 3.61. The van der Waals surface area contributed by atoms with Crippen LogP contribution in [-0.2, 0) is 9.47 Å². The first-order valence-electron chi connectivity index (χ1n) is 6.06. The van der Waals surface area contributed by atoms with Crippen LogP contribution >= 0.6 is 0 Å². The number of hydrogen-bond donors (Lipinski definition) is 0. The summed E-state index contributed by atoms with van der Waals surface area (Å²) in [6, 6.07) is 0. The zero-order valence-electron chi connectivity index (χ0n) is 9.66. The predicted molar refractivity (Wildman–Crippen MR) is 58.6 cm³/mol. The van der Waals surface area contributed by atoms with E-state index in [-0.39, 0.29) is 0 Å². The minimum atomic E-state index is 0.836. The molecular formula is C13H20O2. The Bertz CT molecular complexity index is 267. The van der Waals surface area contributed by atoms with Gasteiger partial charge in [0.25, 0.3) is 0 Å². The van der Waals surface area contributed by atoms with Gasteiger partial charge in [-0.1, -0.05) is 0 Å². The lowest BCUT2D eigenvalue weighted by atomic mass is 9.61. The lowest BCUT2D eigenvalue weighted by Gasteiger charge is -2.44. The number of ether oxygens (including phenoxy) is 2.